The van der Waals surface area contributed by atoms with Crippen LogP contribution in [0.4, 0.5) is 0 Å². The SMILES string of the molecule is SCCC#Cc1ccccc1. The Hall–Kier alpha value is -0.870. The van der Waals surface area contributed by atoms with Crippen molar-refractivity contribution in [1.82, 2.24) is 0 Å². The third-order valence-corrected chi connectivity index (χ3v) is 1.47. The van der Waals surface area contributed by atoms with E-state index in [1.165, 1.54) is 0 Å². The first kappa shape index (κ1) is 8.23. The van der Waals surface area contributed by atoms with Gasteiger partial charge in [-0.1, -0.05) is 30.0 Å². The predicted octanol–water partition coefficient (Wildman–Crippen LogP) is 2.36. The molecule has 0 aliphatic heterocycles. The minimum Gasteiger partial charge on any atom is -0.178 e. The Balaban J connectivity index is 2.59. The normalized spacial score (nSPS) is 8.45. The summed E-state index contributed by atoms with van der Waals surface area (Å²) in [6, 6.07) is 9.98. The van der Waals surface area contributed by atoms with Crippen molar-refractivity contribution < 1.29 is 0 Å². The van der Waals surface area contributed by atoms with Crippen molar-refractivity contribution in [3.8, 4) is 11.8 Å². The van der Waals surface area contributed by atoms with Crippen LogP contribution in [0.2, 0.25) is 0 Å². The van der Waals surface area contributed by atoms with Gasteiger partial charge in [0.05, 0.1) is 0 Å². The van der Waals surface area contributed by atoms with E-state index in [1.54, 1.807) is 0 Å². The van der Waals surface area contributed by atoms with Gasteiger partial charge in [0, 0.05) is 17.7 Å². The van der Waals surface area contributed by atoms with Gasteiger partial charge in [-0.3, -0.25) is 0 Å². The number of hydrogen-bond acceptors (Lipinski definition) is 1. The average Bonchev–Trinajstić information content (AvgIpc) is 2.07. The van der Waals surface area contributed by atoms with E-state index in [-0.39, 0.29) is 0 Å². The van der Waals surface area contributed by atoms with E-state index in [0.717, 1.165) is 17.7 Å². The molecule has 0 N–H and O–H groups in total. The average molecular weight is 162 g/mol. The smallest absolute Gasteiger partial charge is 0.0245 e. The minimum absolute atomic E-state index is 0.833. The highest BCUT2D eigenvalue weighted by molar-refractivity contribution is 7.80. The van der Waals surface area contributed by atoms with Crippen molar-refractivity contribution in [1.29, 1.82) is 0 Å². The molecule has 0 amide bonds. The van der Waals surface area contributed by atoms with E-state index in [9.17, 15) is 0 Å². The van der Waals surface area contributed by atoms with Gasteiger partial charge >= 0.3 is 0 Å². The van der Waals surface area contributed by atoms with Crippen molar-refractivity contribution in [3.05, 3.63) is 35.9 Å². The maximum absolute atomic E-state index is 4.06. The molecule has 0 radical (unpaired) electrons. The van der Waals surface area contributed by atoms with Gasteiger partial charge in [-0.05, 0) is 12.1 Å². The van der Waals surface area contributed by atoms with Crippen LogP contribution in [0.3, 0.4) is 0 Å². The maximum Gasteiger partial charge on any atom is 0.0245 e. The molecule has 1 aromatic rings. The van der Waals surface area contributed by atoms with Crippen LogP contribution in [0.5, 0.6) is 0 Å². The Labute approximate surface area is 73.0 Å². The van der Waals surface area contributed by atoms with Gasteiger partial charge < -0.3 is 0 Å². The van der Waals surface area contributed by atoms with Gasteiger partial charge in [-0.25, -0.2) is 0 Å². The van der Waals surface area contributed by atoms with E-state index in [1.807, 2.05) is 30.3 Å². The topological polar surface area (TPSA) is 0 Å². The molecule has 0 saturated carbocycles. The van der Waals surface area contributed by atoms with Crippen LogP contribution in [-0.2, 0) is 0 Å². The summed E-state index contributed by atoms with van der Waals surface area (Å²) in [5.74, 6) is 6.90. The zero-order valence-electron chi connectivity index (χ0n) is 6.25. The lowest BCUT2D eigenvalue weighted by Gasteiger charge is -1.85. The van der Waals surface area contributed by atoms with Gasteiger partial charge in [0.1, 0.15) is 0 Å². The van der Waals surface area contributed by atoms with Crippen LogP contribution in [0.1, 0.15) is 12.0 Å². The summed E-state index contributed by atoms with van der Waals surface area (Å²) in [6.07, 6.45) is 0.859. The third-order valence-electron chi connectivity index (χ3n) is 1.24. The highest BCUT2D eigenvalue weighted by Gasteiger charge is 1.79. The summed E-state index contributed by atoms with van der Waals surface area (Å²) in [5, 5.41) is 0. The van der Waals surface area contributed by atoms with Gasteiger partial charge in [-0.2, -0.15) is 12.6 Å². The van der Waals surface area contributed by atoms with Crippen molar-refractivity contribution in [2.75, 3.05) is 5.75 Å². The Kier molecular flexibility index (Phi) is 3.64. The Morgan fingerprint density at radius 1 is 1.18 bits per heavy atom. The summed E-state index contributed by atoms with van der Waals surface area (Å²) in [6.45, 7) is 0. The number of thiol groups is 1. The second-order valence-electron chi connectivity index (χ2n) is 2.14. The predicted molar refractivity (Wildman–Crippen MR) is 51.8 cm³/mol. The fourth-order valence-corrected chi connectivity index (χ4v) is 0.854. The lowest BCUT2D eigenvalue weighted by molar-refractivity contribution is 1.31. The third kappa shape index (κ3) is 3.15. The van der Waals surface area contributed by atoms with Gasteiger partial charge in [-0.15, -0.1) is 0 Å². The lowest BCUT2D eigenvalue weighted by atomic mass is 10.2. The molecule has 0 aliphatic carbocycles. The fourth-order valence-electron chi connectivity index (χ4n) is 0.742. The molecule has 1 rings (SSSR count). The number of hydrogen-bond donors (Lipinski definition) is 1. The molecule has 1 heteroatoms. The second-order valence-corrected chi connectivity index (χ2v) is 2.59. The summed E-state index contributed by atoms with van der Waals surface area (Å²) >= 11 is 4.06. The Bertz CT molecular complexity index is 253. The van der Waals surface area contributed by atoms with Crippen LogP contribution in [-0.4, -0.2) is 5.75 Å². The monoisotopic (exact) mass is 162 g/mol. The van der Waals surface area contributed by atoms with Crippen molar-refractivity contribution in [2.45, 2.75) is 6.42 Å². The van der Waals surface area contributed by atoms with Crippen molar-refractivity contribution in [3.63, 3.8) is 0 Å². The second kappa shape index (κ2) is 4.87. The van der Waals surface area contributed by atoms with Crippen molar-refractivity contribution in [2.24, 2.45) is 0 Å². The minimum atomic E-state index is 0.833. The lowest BCUT2D eigenvalue weighted by Crippen LogP contribution is -1.71. The van der Waals surface area contributed by atoms with E-state index in [2.05, 4.69) is 24.5 Å². The molecule has 0 aliphatic rings. The molecule has 1 aromatic carbocycles. The van der Waals surface area contributed by atoms with Crippen LogP contribution in [0.15, 0.2) is 30.3 Å². The maximum atomic E-state index is 4.06. The molecular weight excluding hydrogens is 152 g/mol. The van der Waals surface area contributed by atoms with Crippen molar-refractivity contribution >= 4 is 12.6 Å². The van der Waals surface area contributed by atoms with Crippen LogP contribution in [0, 0.1) is 11.8 Å². The Morgan fingerprint density at radius 2 is 1.91 bits per heavy atom. The summed E-state index contributed by atoms with van der Waals surface area (Å²) in [5.41, 5.74) is 1.08. The first-order chi connectivity index (χ1) is 5.43. The largest absolute Gasteiger partial charge is 0.178 e. The Morgan fingerprint density at radius 3 is 2.55 bits per heavy atom. The molecule has 0 atom stereocenters. The van der Waals surface area contributed by atoms with Crippen LogP contribution < -0.4 is 0 Å². The molecule has 11 heavy (non-hydrogen) atoms. The van der Waals surface area contributed by atoms with Gasteiger partial charge in [0.15, 0.2) is 0 Å². The molecule has 56 valence electrons. The molecule has 0 nitrogen and oxygen atoms in total. The first-order valence-electron chi connectivity index (χ1n) is 3.58. The highest BCUT2D eigenvalue weighted by Crippen LogP contribution is 1.94. The first-order valence-corrected chi connectivity index (χ1v) is 4.21. The number of rotatable bonds is 1. The van der Waals surface area contributed by atoms with E-state index in [4.69, 9.17) is 0 Å². The fraction of sp³-hybridized carbons (Fsp3) is 0.200. The molecule has 0 saturated heterocycles. The van der Waals surface area contributed by atoms with Gasteiger partial charge in [0.2, 0.25) is 0 Å². The number of benzene rings is 1. The molecule has 0 spiro atoms. The molecule has 0 unspecified atom stereocenters. The molecular formula is C10H10S. The van der Waals surface area contributed by atoms with E-state index in [0.29, 0.717) is 0 Å². The zero-order valence-corrected chi connectivity index (χ0v) is 7.14. The van der Waals surface area contributed by atoms with Crippen LogP contribution in [0.25, 0.3) is 0 Å². The molecule has 0 heterocycles. The van der Waals surface area contributed by atoms with E-state index < -0.39 is 0 Å². The standard InChI is InChI=1S/C10H10S/c11-9-5-4-8-10-6-2-1-3-7-10/h1-3,6-7,11H,5,9H2. The van der Waals surface area contributed by atoms with Crippen LogP contribution >= 0.6 is 12.6 Å². The molecule has 0 aromatic heterocycles. The molecule has 0 bridgehead atoms. The summed E-state index contributed by atoms with van der Waals surface area (Å²) in [4.78, 5) is 0. The highest BCUT2D eigenvalue weighted by atomic mass is 32.1. The quantitative estimate of drug-likeness (QED) is 0.475. The summed E-state index contributed by atoms with van der Waals surface area (Å²) < 4.78 is 0. The zero-order chi connectivity index (χ0) is 7.94. The van der Waals surface area contributed by atoms with E-state index >= 15 is 0 Å². The van der Waals surface area contributed by atoms with Gasteiger partial charge in [0.25, 0.3) is 0 Å². The molecule has 0 fully saturated rings. The summed E-state index contributed by atoms with van der Waals surface area (Å²) in [7, 11) is 0.